The minimum Gasteiger partial charge on any atom is -0.497 e. The summed E-state index contributed by atoms with van der Waals surface area (Å²) in [5, 5.41) is 25.0. The van der Waals surface area contributed by atoms with E-state index in [1.165, 1.54) is 70.4 Å². The maximum atomic E-state index is 13.8. The first-order chi connectivity index (χ1) is 69.8. The number of hydrogen-bond donors (Lipinski definition) is 8. The standard InChI is InChI=1S/C27H29ClN4O2.C21H21BrClNO2.2C20H24N4O.C19H21ClN4O.C6H9N3/c1-3-19-15-29-17-30-25(19)31-20-13-22-24(23(28)14-20)26(33)32(27(22)11-5-4-6-12-27)16-18-7-9-21(34-2)10-8-18;1-26-16-7-5-14(6-8-16)13-24-20(25)19-17(11-15(22)12-18(19)23)21(24)9-3-2-4-10-21;2*1-3-14-11-21-12-22-18(14)23-15-9-13(2)17-16(10-15)20(24-19(17)25)7-5-4-6-8-20;1-2-12-10-21-11-22-17(12)23-13-8-14-16(15(20)9-13)18(25)24-19(14)6-4-3-5-7-19;1-2-5-3-8-4-9-6(5)7/h7-10,13-15,17H,3-6,11-12,16H2,1-2H3,(H,29,30,31);5-8,11-12H,2-4,9-10,13H2,1H3;2*9-12H,3-8H2,1-2H3,(H,24,25)(H,21,22,23);8-11H,2-7H2,1H3,(H,24,25)(H,21,22,23);3-4H,2H2,1H3,(H2,7,8,9). The van der Waals surface area contributed by atoms with Crippen molar-refractivity contribution in [1.29, 1.82) is 0 Å². The summed E-state index contributed by atoms with van der Waals surface area (Å²) < 4.78 is 11.5. The number of hydrogen-bond acceptors (Lipinski definition) is 22. The Morgan fingerprint density at radius 1 is 0.354 bits per heavy atom. The maximum Gasteiger partial charge on any atom is 0.256 e. The number of nitrogens with zero attached hydrogens (tertiary/aromatic N) is 12. The van der Waals surface area contributed by atoms with Crippen molar-refractivity contribution < 1.29 is 33.4 Å². The average molecular weight is 2060 g/mol. The molecule has 10 heterocycles. The fourth-order valence-corrected chi connectivity index (χ4v) is 24.7. The highest BCUT2D eigenvalue weighted by atomic mass is 79.9. The lowest BCUT2D eigenvalue weighted by Crippen LogP contribution is -2.44. The molecule has 144 heavy (non-hydrogen) atoms. The monoisotopic (exact) mass is 2060 g/mol. The molecule has 0 atom stereocenters. The van der Waals surface area contributed by atoms with Crippen LogP contribution in [-0.4, -0.2) is 103 Å². The Hall–Kier alpha value is -12.8. The van der Waals surface area contributed by atoms with Crippen molar-refractivity contribution >= 4 is 132 Å². The van der Waals surface area contributed by atoms with E-state index in [2.05, 4.69) is 171 Å². The number of benzene rings is 7. The predicted molar refractivity (Wildman–Crippen MR) is 571 cm³/mol. The number of carbonyl (C=O) groups excluding carboxylic acids is 5. The molecule has 5 aliphatic heterocycles. The molecule has 0 bridgehead atoms. The summed E-state index contributed by atoms with van der Waals surface area (Å²) in [6, 6.07) is 36.0. The van der Waals surface area contributed by atoms with E-state index in [1.807, 2.05) is 124 Å². The lowest BCUT2D eigenvalue weighted by Gasteiger charge is -2.42. The van der Waals surface area contributed by atoms with Gasteiger partial charge in [0.2, 0.25) is 0 Å². The number of carbonyl (C=O) groups is 5. The van der Waals surface area contributed by atoms with E-state index in [0.717, 1.165) is 286 Å². The summed E-state index contributed by atoms with van der Waals surface area (Å²) in [5.41, 5.74) is 26.6. The summed E-state index contributed by atoms with van der Waals surface area (Å²) in [7, 11) is 3.32. The maximum absolute atomic E-state index is 13.8. The second kappa shape index (κ2) is 45.3. The molecule has 5 amide bonds. The van der Waals surface area contributed by atoms with Gasteiger partial charge in [-0.1, -0.05) is 206 Å². The van der Waals surface area contributed by atoms with Crippen molar-refractivity contribution in [2.24, 2.45) is 0 Å². The summed E-state index contributed by atoms with van der Waals surface area (Å²) in [6.45, 7) is 15.5. The highest BCUT2D eigenvalue weighted by molar-refractivity contribution is 9.10. The summed E-state index contributed by atoms with van der Waals surface area (Å²) >= 11 is 23.3. The Bertz CT molecular complexity index is 6390. The second-order valence-corrected chi connectivity index (χ2v) is 41.4. The van der Waals surface area contributed by atoms with Crippen LogP contribution in [-0.2, 0) is 72.9 Å². The topological polar surface area (TPSA) is 349 Å². The lowest BCUT2D eigenvalue weighted by atomic mass is 9.76. The third kappa shape index (κ3) is 21.4. The summed E-state index contributed by atoms with van der Waals surface area (Å²) in [6.07, 6.45) is 48.5. The quantitative estimate of drug-likeness (QED) is 0.0373. The van der Waals surface area contributed by atoms with E-state index in [4.69, 9.17) is 50.0 Å². The number of aryl methyl sites for hydroxylation is 7. The van der Waals surface area contributed by atoms with Crippen molar-refractivity contribution in [2.75, 3.05) is 41.2 Å². The van der Waals surface area contributed by atoms with Crippen molar-refractivity contribution in [3.63, 3.8) is 0 Å². The molecular weight excluding hydrogens is 1940 g/mol. The first-order valence-corrected chi connectivity index (χ1v) is 52.9. The van der Waals surface area contributed by atoms with Crippen LogP contribution in [0.25, 0.3) is 0 Å². The van der Waals surface area contributed by atoms with Gasteiger partial charge in [0.25, 0.3) is 29.5 Å². The number of nitrogens with one attached hydrogen (secondary N) is 7. The van der Waals surface area contributed by atoms with Crippen molar-refractivity contribution in [3.8, 4) is 11.5 Å². The molecular formula is C113H128BrCl3N20O7. The number of ether oxygens (including phenoxy) is 2. The molecule has 31 heteroatoms. The molecule has 5 aliphatic carbocycles. The van der Waals surface area contributed by atoms with Crippen molar-refractivity contribution in [3.05, 3.63) is 297 Å². The van der Waals surface area contributed by atoms with Gasteiger partial charge < -0.3 is 62.2 Å². The number of rotatable bonds is 19. The number of aromatic nitrogens is 10. The number of methoxy groups -OCH3 is 2. The molecule has 5 spiro atoms. The highest BCUT2D eigenvalue weighted by Gasteiger charge is 2.54. The number of nitrogens with two attached hydrogens (primary N) is 1. The minimum absolute atomic E-state index is 0.0144. The Kier molecular flexibility index (Phi) is 32.3. The minimum atomic E-state index is -0.342. The van der Waals surface area contributed by atoms with Crippen LogP contribution in [0.1, 0.15) is 325 Å². The third-order valence-electron chi connectivity index (χ3n) is 30.6. The van der Waals surface area contributed by atoms with Crippen LogP contribution in [0, 0.1) is 13.8 Å². The molecule has 0 saturated heterocycles. The van der Waals surface area contributed by atoms with Crippen LogP contribution in [0.3, 0.4) is 0 Å². The number of nitrogen functional groups attached to an aromatic ring is 1. The van der Waals surface area contributed by atoms with Gasteiger partial charge in [0.05, 0.1) is 73.7 Å². The molecule has 10 aliphatic rings. The smallest absolute Gasteiger partial charge is 0.256 e. The van der Waals surface area contributed by atoms with Crippen LogP contribution in [0.15, 0.2) is 176 Å². The van der Waals surface area contributed by atoms with Crippen LogP contribution in [0.5, 0.6) is 11.5 Å². The van der Waals surface area contributed by atoms with Crippen LogP contribution >= 0.6 is 50.7 Å². The molecule has 5 saturated carbocycles. The molecule has 0 radical (unpaired) electrons. The van der Waals surface area contributed by atoms with Gasteiger partial charge in [-0.2, -0.15) is 0 Å². The normalized spacial score (nSPS) is 17.2. The molecule has 5 aromatic heterocycles. The van der Waals surface area contributed by atoms with Gasteiger partial charge in [-0.15, -0.1) is 0 Å². The highest BCUT2D eigenvalue weighted by Crippen LogP contribution is 2.56. The number of halogens is 4. The SMILES string of the molecule is CCc1cncnc1N.CCc1cncnc1Nc1cc(C)c2c(c1)C1(CCCCC1)NC2=O.CCc1cncnc1Nc1cc(C)c2c(c1)C1(CCCCC1)NC2=O.CCc1cncnc1Nc1cc(Cl)c2c(c1)C1(CCCCC1)N(Cc1ccc(OC)cc1)C2=O.CCc1cncnc1Nc1cc(Cl)c2c(c1)C1(CCCCC1)NC2=O.COc1ccc(CN2C(=O)c3c(Cl)cc(Br)cc3C23CCCCC3)cc1. The molecule has 9 N–H and O–H groups in total. The fourth-order valence-electron chi connectivity index (χ4n) is 23.2. The van der Waals surface area contributed by atoms with Gasteiger partial charge in [0.1, 0.15) is 72.2 Å². The van der Waals surface area contributed by atoms with Gasteiger partial charge >= 0.3 is 0 Å². The molecule has 7 aromatic carbocycles. The van der Waals surface area contributed by atoms with E-state index in [0.29, 0.717) is 50.7 Å². The number of anilines is 9. The third-order valence-corrected chi connectivity index (χ3v) is 31.9. The van der Waals surface area contributed by atoms with E-state index in [1.54, 1.807) is 39.4 Å². The summed E-state index contributed by atoms with van der Waals surface area (Å²) in [4.78, 5) is 110. The zero-order chi connectivity index (χ0) is 101. The average Bonchev–Trinajstić information content (AvgIpc) is 1.56. The van der Waals surface area contributed by atoms with Crippen molar-refractivity contribution in [1.82, 2.24) is 75.6 Å². The first-order valence-electron chi connectivity index (χ1n) is 51.0. The van der Waals surface area contributed by atoms with E-state index >= 15 is 0 Å². The molecule has 22 rings (SSSR count). The molecule has 5 fully saturated rings. The Morgan fingerprint density at radius 2 is 0.639 bits per heavy atom. The lowest BCUT2D eigenvalue weighted by molar-refractivity contribution is 0.0380. The van der Waals surface area contributed by atoms with Gasteiger partial charge in [-0.3, -0.25) is 24.0 Å². The fraction of sp³-hybridized carbons (Fsp3) is 0.407. The van der Waals surface area contributed by atoms with Gasteiger partial charge in [-0.05, 0) is 245 Å². The Morgan fingerprint density at radius 3 is 0.965 bits per heavy atom. The molecule has 12 aromatic rings. The van der Waals surface area contributed by atoms with Crippen molar-refractivity contribution in [2.45, 2.75) is 282 Å². The predicted octanol–water partition coefficient (Wildman–Crippen LogP) is 25.1. The largest absolute Gasteiger partial charge is 0.497 e. The zero-order valence-corrected chi connectivity index (χ0v) is 87.5. The van der Waals surface area contributed by atoms with E-state index in [9.17, 15) is 24.0 Å². The number of fused-ring (bicyclic) bond motifs is 10. The van der Waals surface area contributed by atoms with Gasteiger partial charge in [0.15, 0.2) is 0 Å². The molecule has 750 valence electrons. The molecule has 0 unspecified atom stereocenters. The number of amides is 5. The van der Waals surface area contributed by atoms with E-state index in [-0.39, 0.29) is 57.2 Å². The molecule has 27 nitrogen and oxygen atoms in total. The Balaban J connectivity index is 0.000000121. The van der Waals surface area contributed by atoms with Crippen LogP contribution in [0.2, 0.25) is 15.1 Å². The zero-order valence-electron chi connectivity index (χ0n) is 83.6. The van der Waals surface area contributed by atoms with Crippen LogP contribution < -0.4 is 52.4 Å². The summed E-state index contributed by atoms with van der Waals surface area (Å²) in [5.74, 6) is 5.63. The van der Waals surface area contributed by atoms with Crippen LogP contribution in [0.4, 0.5) is 51.8 Å². The first kappa shape index (κ1) is 103. The van der Waals surface area contributed by atoms with E-state index < -0.39 is 0 Å². The Labute approximate surface area is 866 Å². The van der Waals surface area contributed by atoms with Gasteiger partial charge in [0, 0.05) is 110 Å². The second-order valence-electron chi connectivity index (χ2n) is 39.2. The van der Waals surface area contributed by atoms with Gasteiger partial charge in [-0.25, -0.2) is 49.8 Å².